The Balaban J connectivity index is 1.44. The molecule has 0 bridgehead atoms. The maximum Gasteiger partial charge on any atom is 0.191 e. The predicted molar refractivity (Wildman–Crippen MR) is 117 cm³/mol. The highest BCUT2D eigenvalue weighted by atomic mass is 15.2. The molecule has 1 saturated heterocycles. The van der Waals surface area contributed by atoms with Crippen molar-refractivity contribution in [2.24, 2.45) is 4.99 Å². The third-order valence-corrected chi connectivity index (χ3v) is 5.12. The van der Waals surface area contributed by atoms with Crippen molar-refractivity contribution in [1.29, 1.82) is 0 Å². The van der Waals surface area contributed by atoms with Gasteiger partial charge in [0.05, 0.1) is 12.1 Å². The van der Waals surface area contributed by atoms with Crippen LogP contribution >= 0.6 is 0 Å². The Labute approximate surface area is 166 Å². The SMILES string of the molecule is CCNC(=NCc1cccc2cccnc12)NC1CCN(c2ccccc2)C1. The van der Waals surface area contributed by atoms with Gasteiger partial charge in [0, 0.05) is 42.9 Å². The van der Waals surface area contributed by atoms with E-state index in [0.29, 0.717) is 12.6 Å². The van der Waals surface area contributed by atoms with Crippen LogP contribution in [0.2, 0.25) is 0 Å². The minimum absolute atomic E-state index is 0.392. The Kier molecular flexibility index (Phi) is 5.71. The van der Waals surface area contributed by atoms with E-state index >= 15 is 0 Å². The number of pyridine rings is 1. The number of guanidine groups is 1. The number of aromatic nitrogens is 1. The lowest BCUT2D eigenvalue weighted by Gasteiger charge is -2.20. The lowest BCUT2D eigenvalue weighted by Crippen LogP contribution is -2.44. The van der Waals surface area contributed by atoms with Gasteiger partial charge in [0.2, 0.25) is 0 Å². The molecule has 4 rings (SSSR count). The molecule has 1 fully saturated rings. The minimum atomic E-state index is 0.392. The first-order valence-corrected chi connectivity index (χ1v) is 10.0. The number of nitrogens with one attached hydrogen (secondary N) is 2. The van der Waals surface area contributed by atoms with Gasteiger partial charge in [-0.25, -0.2) is 4.99 Å². The molecule has 0 aliphatic carbocycles. The van der Waals surface area contributed by atoms with Crippen LogP contribution in [0.15, 0.2) is 71.9 Å². The van der Waals surface area contributed by atoms with Crippen molar-refractivity contribution in [2.75, 3.05) is 24.5 Å². The lowest BCUT2D eigenvalue weighted by atomic mass is 10.1. The van der Waals surface area contributed by atoms with Gasteiger partial charge in [-0.3, -0.25) is 4.98 Å². The van der Waals surface area contributed by atoms with Crippen LogP contribution in [0.3, 0.4) is 0 Å². The maximum absolute atomic E-state index is 4.83. The molecule has 1 atom stereocenters. The largest absolute Gasteiger partial charge is 0.369 e. The van der Waals surface area contributed by atoms with Gasteiger partial charge in [-0.1, -0.05) is 42.5 Å². The van der Waals surface area contributed by atoms with Gasteiger partial charge < -0.3 is 15.5 Å². The van der Waals surface area contributed by atoms with Crippen molar-refractivity contribution < 1.29 is 0 Å². The zero-order valence-corrected chi connectivity index (χ0v) is 16.3. The summed E-state index contributed by atoms with van der Waals surface area (Å²) in [6, 6.07) is 21.3. The van der Waals surface area contributed by atoms with Crippen LogP contribution in [-0.2, 0) is 6.54 Å². The van der Waals surface area contributed by atoms with E-state index < -0.39 is 0 Å². The van der Waals surface area contributed by atoms with Crippen molar-refractivity contribution in [3.05, 3.63) is 72.4 Å². The topological polar surface area (TPSA) is 52.6 Å². The molecule has 1 aliphatic heterocycles. The average Bonchev–Trinajstić information content (AvgIpc) is 3.21. The fraction of sp³-hybridized carbons (Fsp3) is 0.304. The molecular formula is C23H27N5. The van der Waals surface area contributed by atoms with E-state index in [0.717, 1.165) is 48.5 Å². The minimum Gasteiger partial charge on any atom is -0.369 e. The molecule has 28 heavy (non-hydrogen) atoms. The third kappa shape index (κ3) is 4.25. The van der Waals surface area contributed by atoms with E-state index in [1.54, 1.807) is 0 Å². The molecule has 5 nitrogen and oxygen atoms in total. The summed E-state index contributed by atoms with van der Waals surface area (Å²) in [6.07, 6.45) is 2.95. The highest BCUT2D eigenvalue weighted by Crippen LogP contribution is 2.20. The van der Waals surface area contributed by atoms with E-state index in [-0.39, 0.29) is 0 Å². The van der Waals surface area contributed by atoms with Crippen molar-refractivity contribution >= 4 is 22.5 Å². The number of hydrogen-bond donors (Lipinski definition) is 2. The summed E-state index contributed by atoms with van der Waals surface area (Å²) < 4.78 is 0. The first kappa shape index (κ1) is 18.3. The van der Waals surface area contributed by atoms with Crippen LogP contribution in [0.25, 0.3) is 10.9 Å². The molecule has 1 aliphatic rings. The van der Waals surface area contributed by atoms with E-state index in [2.05, 4.69) is 82.0 Å². The molecule has 1 aromatic heterocycles. The average molecular weight is 374 g/mol. The standard InChI is InChI=1S/C23H27N5/c1-2-24-23(26-16-19-9-6-8-18-10-7-14-25-22(18)19)27-20-13-15-28(17-20)21-11-4-3-5-12-21/h3-12,14,20H,2,13,15-17H2,1H3,(H2,24,26,27). The highest BCUT2D eigenvalue weighted by Gasteiger charge is 2.23. The van der Waals surface area contributed by atoms with E-state index in [1.165, 1.54) is 5.69 Å². The first-order valence-electron chi connectivity index (χ1n) is 10.0. The van der Waals surface area contributed by atoms with E-state index in [9.17, 15) is 0 Å². The Hall–Kier alpha value is -3.08. The van der Waals surface area contributed by atoms with E-state index in [1.807, 2.05) is 12.3 Å². The summed E-state index contributed by atoms with van der Waals surface area (Å²) in [6.45, 7) is 5.60. The number of para-hydroxylation sites is 2. The zero-order chi connectivity index (χ0) is 19.2. The Morgan fingerprint density at radius 1 is 1.11 bits per heavy atom. The first-order chi connectivity index (χ1) is 13.8. The Morgan fingerprint density at radius 3 is 2.82 bits per heavy atom. The van der Waals surface area contributed by atoms with Gasteiger partial charge in [-0.2, -0.15) is 0 Å². The second-order valence-electron chi connectivity index (χ2n) is 7.10. The molecule has 144 valence electrons. The molecule has 2 heterocycles. The summed E-state index contributed by atoms with van der Waals surface area (Å²) in [5.41, 5.74) is 3.46. The fourth-order valence-corrected chi connectivity index (χ4v) is 3.72. The van der Waals surface area contributed by atoms with E-state index in [4.69, 9.17) is 4.99 Å². The maximum atomic E-state index is 4.83. The monoisotopic (exact) mass is 373 g/mol. The molecular weight excluding hydrogens is 346 g/mol. The highest BCUT2D eigenvalue weighted by molar-refractivity contribution is 5.83. The molecule has 1 unspecified atom stereocenters. The second kappa shape index (κ2) is 8.74. The summed E-state index contributed by atoms with van der Waals surface area (Å²) in [5.74, 6) is 0.871. The second-order valence-corrected chi connectivity index (χ2v) is 7.10. The number of nitrogens with zero attached hydrogens (tertiary/aromatic N) is 3. The van der Waals surface area contributed by atoms with Crippen molar-refractivity contribution in [1.82, 2.24) is 15.6 Å². The third-order valence-electron chi connectivity index (χ3n) is 5.12. The summed E-state index contributed by atoms with van der Waals surface area (Å²) in [7, 11) is 0. The normalized spacial score (nSPS) is 17.1. The number of anilines is 1. The smallest absolute Gasteiger partial charge is 0.191 e. The number of rotatable bonds is 5. The van der Waals surface area contributed by atoms with Crippen molar-refractivity contribution in [2.45, 2.75) is 25.9 Å². The van der Waals surface area contributed by atoms with Gasteiger partial charge in [0.25, 0.3) is 0 Å². The number of aliphatic imine (C=N–C) groups is 1. The van der Waals surface area contributed by atoms with Crippen LogP contribution in [0.5, 0.6) is 0 Å². The Morgan fingerprint density at radius 2 is 1.96 bits per heavy atom. The quantitative estimate of drug-likeness (QED) is 0.530. The van der Waals surface area contributed by atoms with Crippen LogP contribution in [0, 0.1) is 0 Å². The summed E-state index contributed by atoms with van der Waals surface area (Å²) >= 11 is 0. The van der Waals surface area contributed by atoms with Gasteiger partial charge in [-0.15, -0.1) is 0 Å². The molecule has 0 spiro atoms. The molecule has 2 aromatic carbocycles. The lowest BCUT2D eigenvalue weighted by molar-refractivity contribution is 0.649. The van der Waals surface area contributed by atoms with Crippen LogP contribution in [-0.4, -0.2) is 36.6 Å². The Bertz CT molecular complexity index is 933. The van der Waals surface area contributed by atoms with Crippen molar-refractivity contribution in [3.8, 4) is 0 Å². The van der Waals surface area contributed by atoms with Gasteiger partial charge in [0.1, 0.15) is 0 Å². The molecule has 0 radical (unpaired) electrons. The number of benzene rings is 2. The predicted octanol–water partition coefficient (Wildman–Crippen LogP) is 3.57. The molecule has 0 amide bonds. The van der Waals surface area contributed by atoms with Crippen molar-refractivity contribution in [3.63, 3.8) is 0 Å². The molecule has 2 N–H and O–H groups in total. The van der Waals surface area contributed by atoms with Crippen LogP contribution in [0.4, 0.5) is 5.69 Å². The van der Waals surface area contributed by atoms with Crippen LogP contribution in [0.1, 0.15) is 18.9 Å². The van der Waals surface area contributed by atoms with Crippen LogP contribution < -0.4 is 15.5 Å². The molecule has 0 saturated carbocycles. The summed E-state index contributed by atoms with van der Waals surface area (Å²) in [5, 5.41) is 8.15. The number of hydrogen-bond acceptors (Lipinski definition) is 3. The van der Waals surface area contributed by atoms with Gasteiger partial charge in [0.15, 0.2) is 5.96 Å². The fourth-order valence-electron chi connectivity index (χ4n) is 3.72. The summed E-state index contributed by atoms with van der Waals surface area (Å²) in [4.78, 5) is 11.8. The van der Waals surface area contributed by atoms with Gasteiger partial charge in [-0.05, 0) is 37.1 Å². The van der Waals surface area contributed by atoms with Gasteiger partial charge >= 0.3 is 0 Å². The molecule has 3 aromatic rings. The number of fused-ring (bicyclic) bond motifs is 1. The zero-order valence-electron chi connectivity index (χ0n) is 16.3. The molecule has 5 heteroatoms.